The van der Waals surface area contributed by atoms with E-state index in [2.05, 4.69) is 20.8 Å². The van der Waals surface area contributed by atoms with E-state index in [9.17, 15) is 40.5 Å². The predicted molar refractivity (Wildman–Crippen MR) is 152 cm³/mol. The third-order valence-corrected chi connectivity index (χ3v) is 7.36. The van der Waals surface area contributed by atoms with Crippen LogP contribution >= 0.6 is 0 Å². The second kappa shape index (κ2) is 15.6. The topological polar surface area (TPSA) is 239 Å². The molecule has 242 valence electrons. The predicted octanol–water partition coefficient (Wildman–Crippen LogP) is -1.61. The molecule has 3 rings (SSSR count). The maximum Gasteiger partial charge on any atom is 0.315 e. The molecule has 2 heterocycles. The van der Waals surface area contributed by atoms with Gasteiger partial charge >= 0.3 is 6.03 Å². The number of aliphatic hydroxyl groups is 7. The average molecular weight is 613 g/mol. The normalized spacial score (nSPS) is 22.4. The molecule has 1 aliphatic heterocycles. The van der Waals surface area contributed by atoms with Crippen molar-refractivity contribution in [3.05, 3.63) is 40.6 Å². The van der Waals surface area contributed by atoms with Crippen LogP contribution in [0.15, 0.2) is 18.2 Å². The molecular formula is C28H44N4O11. The first-order valence-electron chi connectivity index (χ1n) is 14.1. The number of aliphatic hydroxyl groups excluding tert-OH is 7. The third kappa shape index (κ3) is 8.55. The highest BCUT2D eigenvalue weighted by molar-refractivity contribution is 5.74. The van der Waals surface area contributed by atoms with E-state index in [-0.39, 0.29) is 18.3 Å². The number of urea groups is 1. The number of hydrogen-bond donors (Lipinski definition) is 10. The second-order valence-corrected chi connectivity index (χ2v) is 11.0. The summed E-state index contributed by atoms with van der Waals surface area (Å²) in [6.45, 7) is 4.05. The summed E-state index contributed by atoms with van der Waals surface area (Å²) in [4.78, 5) is 12.0. The summed E-state index contributed by atoms with van der Waals surface area (Å²) in [5.74, 6) is 0.846. The SMILES string of the molecule is Cc1cc(OCCCNC(=O)NC(CO)(CO)CO)ccc1Cc1c(O[C@@H]2O[C@H](CO)[C@H](O)[C@H](O)[C@H]2O)n[nH]c1C(C)C. The number of H-pyrrole nitrogens is 1. The lowest BCUT2D eigenvalue weighted by Crippen LogP contribution is -2.60. The van der Waals surface area contributed by atoms with E-state index < -0.39 is 68.7 Å². The second-order valence-electron chi connectivity index (χ2n) is 11.0. The Bertz CT molecular complexity index is 1160. The number of nitrogens with zero attached hydrogens (tertiary/aromatic N) is 1. The van der Waals surface area contributed by atoms with E-state index in [0.717, 1.165) is 22.4 Å². The summed E-state index contributed by atoms with van der Waals surface area (Å²) in [5, 5.41) is 80.2. The van der Waals surface area contributed by atoms with Crippen molar-refractivity contribution in [3.8, 4) is 11.6 Å². The number of ether oxygens (including phenoxy) is 3. The number of nitrogens with one attached hydrogen (secondary N) is 3. The zero-order chi connectivity index (χ0) is 31.7. The molecule has 0 spiro atoms. The molecule has 0 bridgehead atoms. The molecule has 1 aliphatic rings. The van der Waals surface area contributed by atoms with Crippen molar-refractivity contribution in [2.75, 3.05) is 39.6 Å². The van der Waals surface area contributed by atoms with Crippen molar-refractivity contribution in [1.82, 2.24) is 20.8 Å². The van der Waals surface area contributed by atoms with Crippen LogP contribution in [0.3, 0.4) is 0 Å². The Morgan fingerprint density at radius 2 is 1.79 bits per heavy atom. The largest absolute Gasteiger partial charge is 0.494 e. The van der Waals surface area contributed by atoms with E-state index in [1.807, 2.05) is 39.0 Å². The van der Waals surface area contributed by atoms with Gasteiger partial charge in [0.25, 0.3) is 0 Å². The summed E-state index contributed by atoms with van der Waals surface area (Å²) < 4.78 is 17.2. The van der Waals surface area contributed by atoms with Gasteiger partial charge in [-0.3, -0.25) is 5.10 Å². The monoisotopic (exact) mass is 612 g/mol. The van der Waals surface area contributed by atoms with Gasteiger partial charge in [-0.05, 0) is 42.5 Å². The molecule has 5 atom stereocenters. The number of aromatic amines is 1. The number of carbonyl (C=O) groups is 1. The Morgan fingerprint density at radius 1 is 1.09 bits per heavy atom. The highest BCUT2D eigenvalue weighted by atomic mass is 16.7. The molecule has 1 saturated heterocycles. The summed E-state index contributed by atoms with van der Waals surface area (Å²) >= 11 is 0. The van der Waals surface area contributed by atoms with Gasteiger partial charge in [-0.15, -0.1) is 5.10 Å². The van der Waals surface area contributed by atoms with Crippen molar-refractivity contribution in [3.63, 3.8) is 0 Å². The van der Waals surface area contributed by atoms with Crippen molar-refractivity contribution in [2.24, 2.45) is 0 Å². The molecule has 15 nitrogen and oxygen atoms in total. The van der Waals surface area contributed by atoms with E-state index in [4.69, 9.17) is 14.2 Å². The number of aromatic nitrogens is 2. The molecule has 0 radical (unpaired) electrons. The van der Waals surface area contributed by atoms with Gasteiger partial charge < -0.3 is 60.6 Å². The molecule has 0 aliphatic carbocycles. The Kier molecular flexibility index (Phi) is 12.5. The van der Waals surface area contributed by atoms with Gasteiger partial charge in [0, 0.05) is 24.2 Å². The summed E-state index contributed by atoms with van der Waals surface area (Å²) in [6.07, 6.45) is -6.22. The Morgan fingerprint density at radius 3 is 2.40 bits per heavy atom. The number of carbonyl (C=O) groups excluding carboxylic acids is 1. The van der Waals surface area contributed by atoms with Gasteiger partial charge in [-0.2, -0.15) is 0 Å². The van der Waals surface area contributed by atoms with Crippen LogP contribution in [-0.2, 0) is 11.2 Å². The van der Waals surface area contributed by atoms with Gasteiger partial charge in [-0.1, -0.05) is 19.9 Å². The fourth-order valence-corrected chi connectivity index (χ4v) is 4.55. The van der Waals surface area contributed by atoms with Crippen molar-refractivity contribution >= 4 is 6.03 Å². The van der Waals surface area contributed by atoms with Crippen LogP contribution in [-0.4, -0.2) is 128 Å². The quantitative estimate of drug-likeness (QED) is 0.102. The molecule has 43 heavy (non-hydrogen) atoms. The lowest BCUT2D eigenvalue weighted by atomic mass is 9.96. The fourth-order valence-electron chi connectivity index (χ4n) is 4.55. The van der Waals surface area contributed by atoms with Gasteiger partial charge in [0.05, 0.1) is 33.0 Å². The van der Waals surface area contributed by atoms with Crippen molar-refractivity contribution in [2.45, 2.75) is 75.8 Å². The summed E-state index contributed by atoms with van der Waals surface area (Å²) in [6, 6.07) is 4.96. The molecule has 1 fully saturated rings. The minimum Gasteiger partial charge on any atom is -0.494 e. The Hall–Kier alpha value is -3.02. The zero-order valence-electron chi connectivity index (χ0n) is 24.6. The first-order chi connectivity index (χ1) is 20.5. The number of hydrogen-bond acceptors (Lipinski definition) is 12. The molecule has 0 saturated carbocycles. The lowest BCUT2D eigenvalue weighted by molar-refractivity contribution is -0.278. The van der Waals surface area contributed by atoms with Crippen molar-refractivity contribution < 1.29 is 54.8 Å². The maximum atomic E-state index is 12.0. The maximum absolute atomic E-state index is 12.0. The molecule has 10 N–H and O–H groups in total. The van der Waals surface area contributed by atoms with Crippen LogP contribution in [0, 0.1) is 6.92 Å². The first-order valence-corrected chi connectivity index (χ1v) is 14.1. The number of benzene rings is 1. The minimum atomic E-state index is -1.58. The molecular weight excluding hydrogens is 568 g/mol. The third-order valence-electron chi connectivity index (χ3n) is 7.36. The van der Waals surface area contributed by atoms with E-state index >= 15 is 0 Å². The molecule has 1 aromatic heterocycles. The average Bonchev–Trinajstić information content (AvgIpc) is 3.39. The van der Waals surface area contributed by atoms with Gasteiger partial charge in [0.15, 0.2) is 0 Å². The molecule has 15 heteroatoms. The van der Waals surface area contributed by atoms with Crippen LogP contribution < -0.4 is 20.1 Å². The fraction of sp³-hybridized carbons (Fsp3) is 0.643. The smallest absolute Gasteiger partial charge is 0.315 e. The first kappa shape index (κ1) is 34.5. The Balaban J connectivity index is 1.60. The molecule has 2 aromatic rings. The van der Waals surface area contributed by atoms with Gasteiger partial charge in [0.2, 0.25) is 12.2 Å². The summed E-state index contributed by atoms with van der Waals surface area (Å²) in [5.41, 5.74) is 1.91. The highest BCUT2D eigenvalue weighted by Crippen LogP contribution is 2.32. The molecule has 1 aromatic carbocycles. The Labute approximate surface area is 249 Å². The van der Waals surface area contributed by atoms with Gasteiger partial charge in [0.1, 0.15) is 35.7 Å². The van der Waals surface area contributed by atoms with Crippen LogP contribution in [0.25, 0.3) is 0 Å². The van der Waals surface area contributed by atoms with Crippen LogP contribution in [0.4, 0.5) is 4.79 Å². The summed E-state index contributed by atoms with van der Waals surface area (Å²) in [7, 11) is 0. The minimum absolute atomic E-state index is 0.0561. The van der Waals surface area contributed by atoms with Crippen LogP contribution in [0.1, 0.15) is 48.6 Å². The van der Waals surface area contributed by atoms with E-state index in [1.165, 1.54) is 0 Å². The number of aryl methyl sites for hydroxylation is 1. The number of amides is 2. The van der Waals surface area contributed by atoms with E-state index in [1.54, 1.807) is 0 Å². The highest BCUT2D eigenvalue weighted by Gasteiger charge is 2.45. The standard InChI is InChI=1S/C28H44N4O11/c1-15(2)21-19(25(32-31-21)43-26-24(39)23(38)22(37)20(11-33)42-26)10-17-5-6-18(9-16(17)3)41-8-4-7-29-27(40)30-28(12-34,13-35)14-36/h5-6,9,15,20,22-24,26,33-39H,4,7-8,10-14H2,1-3H3,(H,31,32)(H2,29,30,40)/t20-,22+,23+,24-,26+/m1/s1. The van der Waals surface area contributed by atoms with Crippen LogP contribution in [0.5, 0.6) is 11.6 Å². The van der Waals surface area contributed by atoms with Crippen LogP contribution in [0.2, 0.25) is 0 Å². The zero-order valence-corrected chi connectivity index (χ0v) is 24.6. The van der Waals surface area contributed by atoms with Gasteiger partial charge in [-0.25, -0.2) is 4.79 Å². The van der Waals surface area contributed by atoms with Crippen molar-refractivity contribution in [1.29, 1.82) is 0 Å². The number of rotatable bonds is 15. The molecule has 2 amide bonds. The lowest BCUT2D eigenvalue weighted by Gasteiger charge is -2.39. The molecule has 0 unspecified atom stereocenters. The van der Waals surface area contributed by atoms with E-state index in [0.29, 0.717) is 25.2 Å².